The van der Waals surface area contributed by atoms with E-state index in [0.29, 0.717) is 22.1 Å². The van der Waals surface area contributed by atoms with E-state index in [2.05, 4.69) is 14.8 Å². The van der Waals surface area contributed by atoms with Gasteiger partial charge in [-0.15, -0.1) is 0 Å². The highest BCUT2D eigenvalue weighted by atomic mass is 32.2. The van der Waals surface area contributed by atoms with Gasteiger partial charge in [0.15, 0.2) is 5.75 Å². The van der Waals surface area contributed by atoms with Crippen molar-refractivity contribution in [2.45, 2.75) is 6.54 Å². The molecule has 0 radical (unpaired) electrons. The van der Waals surface area contributed by atoms with Crippen LogP contribution in [-0.4, -0.2) is 31.9 Å². The van der Waals surface area contributed by atoms with E-state index in [1.807, 2.05) is 11.6 Å². The summed E-state index contributed by atoms with van der Waals surface area (Å²) in [7, 11) is -0.561. The van der Waals surface area contributed by atoms with Crippen LogP contribution in [0.2, 0.25) is 0 Å². The van der Waals surface area contributed by atoms with E-state index in [1.165, 1.54) is 35.4 Å². The molecule has 2 heterocycles. The molecule has 0 amide bonds. The van der Waals surface area contributed by atoms with Crippen LogP contribution >= 0.6 is 32.1 Å². The fourth-order valence-corrected chi connectivity index (χ4v) is 4.82. The van der Waals surface area contributed by atoms with Crippen molar-refractivity contribution in [1.82, 2.24) is 9.78 Å². The zero-order chi connectivity index (χ0) is 24.9. The number of rotatable bonds is 8. The second-order valence-corrected chi connectivity index (χ2v) is 9.48. The Morgan fingerprint density at radius 2 is 2.06 bits per heavy atom. The first-order valence-corrected chi connectivity index (χ1v) is 13.3. The molecule has 1 atom stereocenters. The van der Waals surface area contributed by atoms with E-state index in [0.717, 1.165) is 10.4 Å². The quantitative estimate of drug-likeness (QED) is 0.118. The SMILES string of the molecule is CSNc1ccc(N=C(N)c2c(O)c(-c3ccsc3)nn(Cc3ccc(F)cc3)c2=O)c(PO)c1. The van der Waals surface area contributed by atoms with Crippen molar-refractivity contribution in [2.24, 2.45) is 10.7 Å². The number of halogens is 1. The van der Waals surface area contributed by atoms with Gasteiger partial charge in [-0.2, -0.15) is 16.4 Å². The van der Waals surface area contributed by atoms with Crippen LogP contribution in [0.25, 0.3) is 11.3 Å². The molecule has 4 rings (SSSR count). The Kier molecular flexibility index (Phi) is 7.82. The third kappa shape index (κ3) is 5.54. The highest BCUT2D eigenvalue weighted by molar-refractivity contribution is 7.99. The van der Waals surface area contributed by atoms with E-state index < -0.39 is 25.9 Å². The topological polar surface area (TPSA) is 126 Å². The molecule has 0 saturated carbocycles. The summed E-state index contributed by atoms with van der Waals surface area (Å²) in [5, 5.41) is 19.5. The second-order valence-electron chi connectivity index (χ2n) is 7.32. The van der Waals surface area contributed by atoms with Crippen LogP contribution in [0.4, 0.5) is 15.8 Å². The Labute approximate surface area is 210 Å². The number of hydrogen-bond donors (Lipinski definition) is 4. The number of thiophene rings is 1. The van der Waals surface area contributed by atoms with Crippen LogP contribution in [0.1, 0.15) is 11.1 Å². The fourth-order valence-electron chi connectivity index (χ4n) is 3.35. The van der Waals surface area contributed by atoms with Gasteiger partial charge in [0.05, 0.1) is 12.2 Å². The molecule has 8 nitrogen and oxygen atoms in total. The van der Waals surface area contributed by atoms with Crippen molar-refractivity contribution >= 4 is 54.6 Å². The van der Waals surface area contributed by atoms with Crippen molar-refractivity contribution in [3.05, 3.63) is 86.6 Å². The lowest BCUT2D eigenvalue weighted by molar-refractivity contribution is 0.464. The average Bonchev–Trinajstić information content (AvgIpc) is 3.38. The minimum absolute atomic E-state index is 0.0368. The molecule has 0 fully saturated rings. The first-order valence-electron chi connectivity index (χ1n) is 10.2. The Bertz CT molecular complexity index is 1430. The molecule has 0 aliphatic heterocycles. The van der Waals surface area contributed by atoms with E-state index >= 15 is 0 Å². The number of hydrogen-bond acceptors (Lipinski definition) is 8. The maximum absolute atomic E-state index is 13.4. The van der Waals surface area contributed by atoms with Crippen LogP contribution in [0.3, 0.4) is 0 Å². The summed E-state index contributed by atoms with van der Waals surface area (Å²) in [5.41, 5.74) is 7.97. The summed E-state index contributed by atoms with van der Waals surface area (Å²) < 4.78 is 17.6. The number of aromatic nitrogens is 2. The van der Waals surface area contributed by atoms with E-state index in [1.54, 1.807) is 41.8 Å². The van der Waals surface area contributed by atoms with E-state index in [9.17, 15) is 19.2 Å². The van der Waals surface area contributed by atoms with Gasteiger partial charge < -0.3 is 20.5 Å². The largest absolute Gasteiger partial charge is 0.505 e. The third-order valence-electron chi connectivity index (χ3n) is 5.00. The smallest absolute Gasteiger partial charge is 0.281 e. The number of anilines is 1. The molecule has 5 N–H and O–H groups in total. The Balaban J connectivity index is 1.85. The minimum atomic E-state index is -0.652. The van der Waals surface area contributed by atoms with Gasteiger partial charge in [-0.3, -0.25) is 4.79 Å². The standard InChI is InChI=1S/C23H21FN5O3PS2/c1-34-28-16-6-7-17(18(10-16)33-32)26-22(25)19-21(30)20(14-8-9-35-12-14)27-29(23(19)31)11-13-2-4-15(24)5-3-13/h2-10,12,28,30,32-33H,11H2,1H3,(H2,25,26). The molecule has 0 aliphatic rings. The van der Waals surface area contributed by atoms with Gasteiger partial charge in [0.1, 0.15) is 22.9 Å². The van der Waals surface area contributed by atoms with Crippen molar-refractivity contribution in [3.63, 3.8) is 0 Å². The maximum Gasteiger partial charge on any atom is 0.281 e. The molecule has 4 aromatic rings. The van der Waals surface area contributed by atoms with Crippen LogP contribution in [0.5, 0.6) is 5.75 Å². The minimum Gasteiger partial charge on any atom is -0.505 e. The normalized spacial score (nSPS) is 11.9. The van der Waals surface area contributed by atoms with Gasteiger partial charge in [0, 0.05) is 37.0 Å². The van der Waals surface area contributed by atoms with Crippen LogP contribution < -0.4 is 21.3 Å². The van der Waals surface area contributed by atoms with Gasteiger partial charge in [-0.25, -0.2) is 14.1 Å². The molecule has 35 heavy (non-hydrogen) atoms. The molecule has 0 spiro atoms. The summed E-state index contributed by atoms with van der Waals surface area (Å²) in [5.74, 6) is -1.00. The van der Waals surface area contributed by atoms with Crippen molar-refractivity contribution in [1.29, 1.82) is 0 Å². The van der Waals surface area contributed by atoms with Gasteiger partial charge in [0.2, 0.25) is 0 Å². The molecule has 0 bridgehead atoms. The zero-order valence-electron chi connectivity index (χ0n) is 18.4. The number of aliphatic imine (C=N–C) groups is 1. The first kappa shape index (κ1) is 24.9. The number of benzene rings is 2. The second kappa shape index (κ2) is 11.0. The fraction of sp³-hybridized carbons (Fsp3) is 0.0870. The Morgan fingerprint density at radius 3 is 2.71 bits per heavy atom. The van der Waals surface area contributed by atoms with Crippen LogP contribution in [-0.2, 0) is 6.54 Å². The average molecular weight is 530 g/mol. The molecule has 2 aromatic carbocycles. The number of nitrogens with one attached hydrogen (secondary N) is 1. The Hall–Kier alpha value is -3.24. The summed E-state index contributed by atoms with van der Waals surface area (Å²) in [6, 6.07) is 12.6. The first-order chi connectivity index (χ1) is 16.9. The predicted octanol–water partition coefficient (Wildman–Crippen LogP) is 3.80. The van der Waals surface area contributed by atoms with E-state index in [4.69, 9.17) is 5.73 Å². The van der Waals surface area contributed by atoms with Gasteiger partial charge in [-0.05, 0) is 47.3 Å². The lowest BCUT2D eigenvalue weighted by Gasteiger charge is -2.13. The summed E-state index contributed by atoms with van der Waals surface area (Å²) >= 11 is 2.81. The van der Waals surface area contributed by atoms with Gasteiger partial charge in [0.25, 0.3) is 5.56 Å². The molecular formula is C23H21FN5O3PS2. The lowest BCUT2D eigenvalue weighted by atomic mass is 10.1. The number of nitrogens with zero attached hydrogens (tertiary/aromatic N) is 3. The van der Waals surface area contributed by atoms with Crippen molar-refractivity contribution in [2.75, 3.05) is 11.0 Å². The molecule has 1 unspecified atom stereocenters. The highest BCUT2D eigenvalue weighted by Gasteiger charge is 2.22. The highest BCUT2D eigenvalue weighted by Crippen LogP contribution is 2.31. The van der Waals surface area contributed by atoms with Gasteiger partial charge in [-0.1, -0.05) is 24.1 Å². The molecular weight excluding hydrogens is 508 g/mol. The van der Waals surface area contributed by atoms with Crippen LogP contribution in [0, 0.1) is 5.82 Å². The molecule has 2 aromatic heterocycles. The van der Waals surface area contributed by atoms with Crippen molar-refractivity contribution in [3.8, 4) is 17.0 Å². The monoisotopic (exact) mass is 529 g/mol. The summed E-state index contributed by atoms with van der Waals surface area (Å²) in [4.78, 5) is 27.6. The zero-order valence-corrected chi connectivity index (χ0v) is 21.0. The molecule has 180 valence electrons. The molecule has 12 heteroatoms. The van der Waals surface area contributed by atoms with Gasteiger partial charge >= 0.3 is 0 Å². The Morgan fingerprint density at radius 1 is 1.29 bits per heavy atom. The molecule has 0 saturated heterocycles. The lowest BCUT2D eigenvalue weighted by Crippen LogP contribution is -2.32. The summed E-state index contributed by atoms with van der Waals surface area (Å²) in [6.07, 6.45) is 1.87. The maximum atomic E-state index is 13.4. The summed E-state index contributed by atoms with van der Waals surface area (Å²) in [6.45, 7) is 0.0368. The predicted molar refractivity (Wildman–Crippen MR) is 143 cm³/mol. The van der Waals surface area contributed by atoms with Crippen LogP contribution in [0.15, 0.2) is 69.1 Å². The number of amidine groups is 1. The number of nitrogens with two attached hydrogens (primary N) is 1. The third-order valence-corrected chi connectivity index (χ3v) is 6.77. The molecule has 0 aliphatic carbocycles. The van der Waals surface area contributed by atoms with Crippen molar-refractivity contribution < 1.29 is 14.4 Å². The van der Waals surface area contributed by atoms with E-state index in [-0.39, 0.29) is 23.6 Å². The number of aromatic hydroxyl groups is 1.